The minimum absolute atomic E-state index is 0.0282. The molecule has 3 atom stereocenters. The van der Waals surface area contributed by atoms with Crippen molar-refractivity contribution in [3.05, 3.63) is 52.7 Å². The number of nitrogens with one attached hydrogen (secondary N) is 1. The first kappa shape index (κ1) is 25.0. The lowest BCUT2D eigenvalue weighted by atomic mass is 9.77. The molecule has 1 aliphatic heterocycles. The van der Waals surface area contributed by atoms with Gasteiger partial charge in [0.1, 0.15) is 22.3 Å². The number of nitrogens with zero attached hydrogens (tertiary/aromatic N) is 4. The highest BCUT2D eigenvalue weighted by Crippen LogP contribution is 2.43. The largest absolute Gasteiger partial charge is 0.497 e. The van der Waals surface area contributed by atoms with E-state index in [9.17, 15) is 4.79 Å². The van der Waals surface area contributed by atoms with Crippen molar-refractivity contribution >= 4 is 35.1 Å². The third-order valence-corrected chi connectivity index (χ3v) is 8.41. The van der Waals surface area contributed by atoms with Gasteiger partial charge in [-0.05, 0) is 49.5 Å². The first-order valence-corrected chi connectivity index (χ1v) is 13.6. The number of urea groups is 1. The number of allylic oxidation sites excluding steroid dienone is 4. The number of amides is 2. The Labute approximate surface area is 227 Å². The van der Waals surface area contributed by atoms with Crippen LogP contribution in [-0.2, 0) is 6.54 Å². The van der Waals surface area contributed by atoms with Gasteiger partial charge in [0.2, 0.25) is 5.95 Å². The maximum Gasteiger partial charge on any atom is 0.330 e. The van der Waals surface area contributed by atoms with Gasteiger partial charge in [0, 0.05) is 42.5 Å². The van der Waals surface area contributed by atoms with Gasteiger partial charge in [0.15, 0.2) is 0 Å². The van der Waals surface area contributed by atoms with Gasteiger partial charge >= 0.3 is 6.03 Å². The number of aromatic nitrogens is 2. The Bertz CT molecular complexity index is 1310. The lowest BCUT2D eigenvalue weighted by Gasteiger charge is -2.38. The summed E-state index contributed by atoms with van der Waals surface area (Å²) in [6.07, 6.45) is 13.4. The van der Waals surface area contributed by atoms with Crippen LogP contribution in [-0.4, -0.2) is 48.8 Å². The molecule has 2 amide bonds. The molecular weight excluding hydrogens is 504 g/mol. The second-order valence-corrected chi connectivity index (χ2v) is 11.0. The number of rotatable bonds is 8. The zero-order chi connectivity index (χ0) is 26.4. The predicted octanol–water partition coefficient (Wildman–Crippen LogP) is 4.91. The van der Waals surface area contributed by atoms with Crippen molar-refractivity contribution in [3.8, 4) is 11.5 Å². The molecule has 9 nitrogen and oxygen atoms in total. The molecule has 2 fully saturated rings. The number of fused-ring (bicyclic) bond motifs is 1. The van der Waals surface area contributed by atoms with Crippen LogP contribution in [0.15, 0.2) is 42.1 Å². The second-order valence-electron chi connectivity index (χ2n) is 10.6. The van der Waals surface area contributed by atoms with Gasteiger partial charge in [-0.3, -0.25) is 9.80 Å². The number of ether oxygens (including phenoxy) is 2. The first-order chi connectivity index (χ1) is 18.4. The summed E-state index contributed by atoms with van der Waals surface area (Å²) < 4.78 is 10.9. The summed E-state index contributed by atoms with van der Waals surface area (Å²) in [5.74, 6) is 3.11. The number of nitrogens with two attached hydrogens (primary N) is 1. The molecule has 0 spiro atoms. The molecule has 1 aromatic carbocycles. The van der Waals surface area contributed by atoms with Crippen LogP contribution < -0.4 is 30.3 Å². The van der Waals surface area contributed by atoms with E-state index < -0.39 is 0 Å². The monoisotopic (exact) mass is 536 g/mol. The van der Waals surface area contributed by atoms with E-state index in [2.05, 4.69) is 28.5 Å². The van der Waals surface area contributed by atoms with E-state index in [1.54, 1.807) is 42.3 Å². The fraction of sp³-hybridized carbons (Fsp3) is 0.464. The van der Waals surface area contributed by atoms with Gasteiger partial charge < -0.3 is 20.5 Å². The number of hydrogen-bond donors (Lipinski definition) is 2. The Morgan fingerprint density at radius 3 is 2.68 bits per heavy atom. The van der Waals surface area contributed by atoms with Gasteiger partial charge in [-0.25, -0.2) is 9.78 Å². The number of carbonyl (C=O) groups is 1. The Balaban J connectivity index is 1.30. The summed E-state index contributed by atoms with van der Waals surface area (Å²) in [7, 11) is 3.11. The zero-order valence-corrected chi connectivity index (χ0v) is 22.4. The van der Waals surface area contributed by atoms with Crippen molar-refractivity contribution in [3.63, 3.8) is 0 Å². The lowest BCUT2D eigenvalue weighted by Crippen LogP contribution is -2.49. The highest BCUT2D eigenvalue weighted by molar-refractivity contribution is 6.35. The number of halogens is 1. The predicted molar refractivity (Wildman–Crippen MR) is 148 cm³/mol. The number of hydrogen-bond acceptors (Lipinski definition) is 7. The van der Waals surface area contributed by atoms with Crippen LogP contribution >= 0.6 is 11.6 Å². The fourth-order valence-electron chi connectivity index (χ4n) is 5.53. The smallest absolute Gasteiger partial charge is 0.330 e. The van der Waals surface area contributed by atoms with E-state index >= 15 is 0 Å². The highest BCUT2D eigenvalue weighted by Gasteiger charge is 2.38. The van der Waals surface area contributed by atoms with E-state index in [0.29, 0.717) is 52.4 Å². The topological polar surface area (TPSA) is 106 Å². The number of anilines is 3. The zero-order valence-electron chi connectivity index (χ0n) is 21.7. The minimum Gasteiger partial charge on any atom is -0.497 e. The molecule has 4 aliphatic rings. The van der Waals surface area contributed by atoms with E-state index in [1.807, 2.05) is 0 Å². The average molecular weight is 537 g/mol. The van der Waals surface area contributed by atoms with Crippen molar-refractivity contribution in [2.75, 3.05) is 35.9 Å². The molecule has 0 saturated heterocycles. The van der Waals surface area contributed by atoms with E-state index in [1.165, 1.54) is 5.57 Å². The summed E-state index contributed by atoms with van der Waals surface area (Å²) in [6, 6.07) is 3.38. The molecule has 3 unspecified atom stereocenters. The Hall–Kier alpha value is -3.30. The van der Waals surface area contributed by atoms with Gasteiger partial charge in [-0.1, -0.05) is 29.8 Å². The third kappa shape index (κ3) is 4.69. The van der Waals surface area contributed by atoms with Crippen LogP contribution in [0.4, 0.5) is 22.2 Å². The highest BCUT2D eigenvalue weighted by atomic mass is 35.5. The molecule has 200 valence electrons. The van der Waals surface area contributed by atoms with Crippen LogP contribution in [0.25, 0.3) is 0 Å². The number of benzene rings is 1. The molecule has 3 N–H and O–H groups in total. The Morgan fingerprint density at radius 1 is 1.18 bits per heavy atom. The van der Waals surface area contributed by atoms with Crippen LogP contribution in [0.1, 0.15) is 37.7 Å². The normalized spacial score (nSPS) is 24.5. The minimum atomic E-state index is -0.176. The molecule has 1 aromatic heterocycles. The summed E-state index contributed by atoms with van der Waals surface area (Å²) in [4.78, 5) is 26.8. The average Bonchev–Trinajstić information content (AvgIpc) is 3.71. The summed E-state index contributed by atoms with van der Waals surface area (Å²) >= 11 is 6.67. The summed E-state index contributed by atoms with van der Waals surface area (Å²) in [5, 5.41) is 3.85. The van der Waals surface area contributed by atoms with E-state index in [4.69, 9.17) is 31.8 Å². The standard InChI is InChI=1S/C28H33ClN6O3/c1-37-20-11-23(25(29)24(12-20)38-2)34-15-19-13-31-27(33-26(19)35(28(34)36)14-16-6-7-16)32-22-10-18(8-9-21(22)30)17-4-3-5-17/h3-5,11-13,16,18,21-22H,6-10,14-15,30H2,1-2H3,(H,31,32,33). The van der Waals surface area contributed by atoms with E-state index in [-0.39, 0.29) is 24.7 Å². The van der Waals surface area contributed by atoms with Crippen molar-refractivity contribution in [2.24, 2.45) is 17.6 Å². The molecule has 0 radical (unpaired) electrons. The van der Waals surface area contributed by atoms with Gasteiger partial charge in [0.25, 0.3) is 0 Å². The quantitative estimate of drug-likeness (QED) is 0.494. The second kappa shape index (κ2) is 10.1. The summed E-state index contributed by atoms with van der Waals surface area (Å²) in [5.41, 5.74) is 9.27. The van der Waals surface area contributed by atoms with Crippen molar-refractivity contribution in [1.29, 1.82) is 0 Å². The van der Waals surface area contributed by atoms with E-state index in [0.717, 1.165) is 37.7 Å². The molecule has 2 aromatic rings. The van der Waals surface area contributed by atoms with Crippen molar-refractivity contribution < 1.29 is 14.3 Å². The van der Waals surface area contributed by atoms with Crippen LogP contribution in [0, 0.1) is 11.8 Å². The van der Waals surface area contributed by atoms with Crippen molar-refractivity contribution in [1.82, 2.24) is 9.97 Å². The van der Waals surface area contributed by atoms with Crippen LogP contribution in [0.3, 0.4) is 0 Å². The third-order valence-electron chi connectivity index (χ3n) is 8.03. The number of methoxy groups -OCH3 is 2. The number of carbonyl (C=O) groups excluding carboxylic acids is 1. The molecule has 2 saturated carbocycles. The molecule has 6 rings (SSSR count). The van der Waals surface area contributed by atoms with Crippen LogP contribution in [0.2, 0.25) is 5.02 Å². The Morgan fingerprint density at radius 2 is 2.00 bits per heavy atom. The molecule has 38 heavy (non-hydrogen) atoms. The molecule has 2 heterocycles. The van der Waals surface area contributed by atoms with Gasteiger partial charge in [0.05, 0.1) is 26.5 Å². The first-order valence-electron chi connectivity index (χ1n) is 13.2. The molecule has 3 aliphatic carbocycles. The maximum absolute atomic E-state index is 13.9. The van der Waals surface area contributed by atoms with Crippen molar-refractivity contribution in [2.45, 2.75) is 50.7 Å². The van der Waals surface area contributed by atoms with Gasteiger partial charge in [-0.2, -0.15) is 4.98 Å². The summed E-state index contributed by atoms with van der Waals surface area (Å²) in [6.45, 7) is 0.889. The Kier molecular flexibility index (Phi) is 6.65. The van der Waals surface area contributed by atoms with Crippen LogP contribution in [0.5, 0.6) is 11.5 Å². The van der Waals surface area contributed by atoms with Gasteiger partial charge in [-0.15, -0.1) is 0 Å². The maximum atomic E-state index is 13.9. The SMILES string of the molecule is COc1cc(OC)c(Cl)c(N2Cc3cnc(NC4CC(C5=CC=C5)CCC4N)nc3N(CC3CC3)C2=O)c1. The fourth-order valence-corrected chi connectivity index (χ4v) is 5.82. The molecular formula is C28H33ClN6O3. The lowest BCUT2D eigenvalue weighted by molar-refractivity contribution is 0.249. The molecule has 0 bridgehead atoms. The molecule has 10 heteroatoms.